The number of benzene rings is 6. The second-order valence-electron chi connectivity index (χ2n) is 15.6. The van der Waals surface area contributed by atoms with Gasteiger partial charge in [0.25, 0.3) is 0 Å². The van der Waals surface area contributed by atoms with Crippen molar-refractivity contribution in [3.63, 3.8) is 0 Å². The predicted octanol–water partition coefficient (Wildman–Crippen LogP) is 12.4. The lowest BCUT2D eigenvalue weighted by Crippen LogP contribution is -2.11. The normalized spacial score (nSPS) is 12.1. The van der Waals surface area contributed by atoms with E-state index in [0.717, 1.165) is 55.3 Å². The molecule has 0 fully saturated rings. The third-order valence-corrected chi connectivity index (χ3v) is 9.83. The summed E-state index contributed by atoms with van der Waals surface area (Å²) in [4.78, 5) is 15.1. The quantitative estimate of drug-likeness (QED) is 0.182. The van der Waals surface area contributed by atoms with Crippen molar-refractivity contribution in [2.45, 2.75) is 52.4 Å². The maximum absolute atomic E-state index is 14.9. The summed E-state index contributed by atoms with van der Waals surface area (Å²) < 4.78 is 17.3. The maximum atomic E-state index is 14.9. The monoisotopic (exact) mass is 680 g/mol. The molecule has 0 spiro atoms. The Bertz CT molecular complexity index is 2460. The van der Waals surface area contributed by atoms with Gasteiger partial charge >= 0.3 is 0 Å². The van der Waals surface area contributed by atoms with Crippen molar-refractivity contribution in [3.8, 4) is 51.0 Å². The first kappa shape index (κ1) is 33.2. The van der Waals surface area contributed by atoms with Crippen LogP contribution in [0.5, 0.6) is 0 Å². The Morgan fingerprint density at radius 3 is 1.40 bits per heavy atom. The van der Waals surface area contributed by atoms with Gasteiger partial charge in [0.05, 0.1) is 16.7 Å². The lowest BCUT2D eigenvalue weighted by atomic mass is 9.86. The van der Waals surface area contributed by atoms with Crippen molar-refractivity contribution in [3.05, 3.63) is 156 Å². The minimum absolute atomic E-state index is 0.0637. The molecular formula is C47H41FN4. The van der Waals surface area contributed by atoms with Gasteiger partial charge in [0.1, 0.15) is 5.82 Å². The largest absolute Gasteiger partial charge is 0.309 e. The van der Waals surface area contributed by atoms with Gasteiger partial charge in [-0.15, -0.1) is 0 Å². The van der Waals surface area contributed by atoms with Crippen LogP contribution in [0.4, 0.5) is 4.39 Å². The van der Waals surface area contributed by atoms with E-state index in [2.05, 4.69) is 94.6 Å². The molecule has 2 heterocycles. The van der Waals surface area contributed by atoms with Crippen LogP contribution in [0, 0.1) is 5.82 Å². The van der Waals surface area contributed by atoms with Crippen LogP contribution in [0.2, 0.25) is 0 Å². The van der Waals surface area contributed by atoms with Crippen LogP contribution in [0.15, 0.2) is 140 Å². The number of rotatable bonds is 5. The summed E-state index contributed by atoms with van der Waals surface area (Å²) in [5.74, 6) is 1.48. The molecule has 0 aliphatic carbocycles. The minimum Gasteiger partial charge on any atom is -0.309 e. The van der Waals surface area contributed by atoms with Crippen LogP contribution >= 0.6 is 0 Å². The van der Waals surface area contributed by atoms with E-state index in [1.807, 2.05) is 72.8 Å². The highest BCUT2D eigenvalue weighted by atomic mass is 19.1. The highest BCUT2D eigenvalue weighted by Crippen LogP contribution is 2.41. The number of hydrogen-bond acceptors (Lipinski definition) is 3. The molecule has 0 N–H and O–H groups in total. The Morgan fingerprint density at radius 2 is 0.923 bits per heavy atom. The molecule has 0 amide bonds. The van der Waals surface area contributed by atoms with Gasteiger partial charge in [0.2, 0.25) is 0 Å². The van der Waals surface area contributed by atoms with Crippen molar-refractivity contribution >= 4 is 21.8 Å². The average molecular weight is 681 g/mol. The Balaban J connectivity index is 1.46. The standard InChI is InChI=1S/C47H41FN4/c1-46(2,3)34-21-24-38-39-25-22-35(47(4,5)6)29-42(39)52(41(38)28-34)40-27-33(20-23-37(40)32-18-13-19-36(48)26-32)45-50-43(30-14-9-7-10-15-30)49-44(51-45)31-16-11-8-12-17-31/h7-29H,1-6H3. The van der Waals surface area contributed by atoms with Crippen LogP contribution < -0.4 is 0 Å². The molecule has 0 bridgehead atoms. The molecule has 0 atom stereocenters. The van der Waals surface area contributed by atoms with E-state index < -0.39 is 0 Å². The summed E-state index contributed by atoms with van der Waals surface area (Å²) in [6, 6.07) is 46.8. The lowest BCUT2D eigenvalue weighted by molar-refractivity contribution is 0.591. The maximum Gasteiger partial charge on any atom is 0.164 e. The summed E-state index contributed by atoms with van der Waals surface area (Å²) >= 11 is 0. The highest BCUT2D eigenvalue weighted by Gasteiger charge is 2.23. The molecule has 8 rings (SSSR count). The zero-order valence-corrected chi connectivity index (χ0v) is 30.4. The van der Waals surface area contributed by atoms with Gasteiger partial charge in [0, 0.05) is 33.0 Å². The van der Waals surface area contributed by atoms with Crippen LogP contribution in [-0.4, -0.2) is 19.5 Å². The zero-order chi connectivity index (χ0) is 36.2. The van der Waals surface area contributed by atoms with Gasteiger partial charge in [0.15, 0.2) is 17.5 Å². The van der Waals surface area contributed by atoms with Gasteiger partial charge in [-0.3, -0.25) is 0 Å². The van der Waals surface area contributed by atoms with Crippen LogP contribution in [0.3, 0.4) is 0 Å². The molecule has 0 saturated heterocycles. The van der Waals surface area contributed by atoms with Crippen LogP contribution in [0.1, 0.15) is 52.7 Å². The average Bonchev–Trinajstić information content (AvgIpc) is 3.47. The number of aromatic nitrogens is 4. The molecule has 5 heteroatoms. The summed E-state index contributed by atoms with van der Waals surface area (Å²) in [6.45, 7) is 13.5. The van der Waals surface area contributed by atoms with Gasteiger partial charge in [-0.05, 0) is 57.9 Å². The Hall–Kier alpha value is -5.94. The number of nitrogens with zero attached hydrogens (tertiary/aromatic N) is 4. The number of hydrogen-bond donors (Lipinski definition) is 0. The van der Waals surface area contributed by atoms with E-state index in [1.165, 1.54) is 17.2 Å². The molecular weight excluding hydrogens is 640 g/mol. The molecule has 0 unspecified atom stereocenters. The van der Waals surface area contributed by atoms with E-state index in [0.29, 0.717) is 17.5 Å². The van der Waals surface area contributed by atoms with Crippen molar-refractivity contribution < 1.29 is 4.39 Å². The van der Waals surface area contributed by atoms with Crippen LogP contribution in [0.25, 0.3) is 72.8 Å². The molecule has 0 aliphatic rings. The van der Waals surface area contributed by atoms with E-state index >= 15 is 0 Å². The number of halogens is 1. The second-order valence-corrected chi connectivity index (χ2v) is 15.6. The third kappa shape index (κ3) is 6.17. The Labute approximate surface area is 304 Å². The van der Waals surface area contributed by atoms with E-state index in [1.54, 1.807) is 12.1 Å². The summed E-state index contributed by atoms with van der Waals surface area (Å²) in [7, 11) is 0. The van der Waals surface area contributed by atoms with Crippen LogP contribution in [-0.2, 0) is 10.8 Å². The van der Waals surface area contributed by atoms with Crippen molar-refractivity contribution in [2.24, 2.45) is 0 Å². The molecule has 0 radical (unpaired) electrons. The summed E-state index contributed by atoms with van der Waals surface area (Å²) in [5, 5.41) is 2.33. The summed E-state index contributed by atoms with van der Waals surface area (Å²) in [5.41, 5.74) is 9.80. The molecule has 4 nitrogen and oxygen atoms in total. The third-order valence-electron chi connectivity index (χ3n) is 9.83. The van der Waals surface area contributed by atoms with Gasteiger partial charge in [-0.1, -0.05) is 151 Å². The molecule has 256 valence electrons. The SMILES string of the molecule is CC(C)(C)c1ccc2c3ccc(C(C)(C)C)cc3n(-c3cc(-c4nc(-c5ccccc5)nc(-c5ccccc5)n4)ccc3-c3cccc(F)c3)c2c1. The van der Waals surface area contributed by atoms with E-state index in [4.69, 9.17) is 15.0 Å². The fourth-order valence-electron chi connectivity index (χ4n) is 6.90. The lowest BCUT2D eigenvalue weighted by Gasteiger charge is -2.21. The fraction of sp³-hybridized carbons (Fsp3) is 0.170. The molecule has 6 aromatic carbocycles. The predicted molar refractivity (Wildman–Crippen MR) is 213 cm³/mol. The first-order valence-electron chi connectivity index (χ1n) is 17.8. The number of fused-ring (bicyclic) bond motifs is 3. The zero-order valence-electron chi connectivity index (χ0n) is 30.4. The molecule has 8 aromatic rings. The first-order chi connectivity index (χ1) is 24.9. The highest BCUT2D eigenvalue weighted by molar-refractivity contribution is 6.10. The van der Waals surface area contributed by atoms with E-state index in [-0.39, 0.29) is 16.6 Å². The molecule has 2 aromatic heterocycles. The van der Waals surface area contributed by atoms with Gasteiger partial charge in [-0.25, -0.2) is 19.3 Å². The molecule has 0 aliphatic heterocycles. The molecule has 52 heavy (non-hydrogen) atoms. The summed E-state index contributed by atoms with van der Waals surface area (Å²) in [6.07, 6.45) is 0. The van der Waals surface area contributed by atoms with E-state index in [9.17, 15) is 4.39 Å². The van der Waals surface area contributed by atoms with Crippen molar-refractivity contribution in [2.75, 3.05) is 0 Å². The first-order valence-corrected chi connectivity index (χ1v) is 17.8. The van der Waals surface area contributed by atoms with Crippen molar-refractivity contribution in [1.82, 2.24) is 19.5 Å². The second kappa shape index (κ2) is 12.7. The van der Waals surface area contributed by atoms with Gasteiger partial charge in [-0.2, -0.15) is 0 Å². The minimum atomic E-state index is -0.280. The smallest absolute Gasteiger partial charge is 0.164 e. The molecule has 0 saturated carbocycles. The fourth-order valence-corrected chi connectivity index (χ4v) is 6.90. The Kier molecular flexibility index (Phi) is 8.10. The topological polar surface area (TPSA) is 43.6 Å². The van der Waals surface area contributed by atoms with Gasteiger partial charge < -0.3 is 4.57 Å². The Morgan fingerprint density at radius 1 is 0.442 bits per heavy atom. The van der Waals surface area contributed by atoms with Crippen molar-refractivity contribution in [1.29, 1.82) is 0 Å².